The third kappa shape index (κ3) is 5.19. The third-order valence-electron chi connectivity index (χ3n) is 3.13. The van der Waals surface area contributed by atoms with E-state index in [0.29, 0.717) is 11.3 Å². The number of carbonyl (C=O) groups excluding carboxylic acids is 1. The van der Waals surface area contributed by atoms with Crippen molar-refractivity contribution in [1.29, 1.82) is 0 Å². The van der Waals surface area contributed by atoms with Gasteiger partial charge in [0.05, 0.1) is 12.7 Å². The molecule has 0 saturated heterocycles. The van der Waals surface area contributed by atoms with Crippen LogP contribution in [0.4, 0.5) is 13.2 Å². The van der Waals surface area contributed by atoms with Crippen molar-refractivity contribution in [2.45, 2.75) is 12.7 Å². The molecule has 0 aromatic heterocycles. The minimum atomic E-state index is -4.37. The molecule has 2 aromatic rings. The van der Waals surface area contributed by atoms with E-state index >= 15 is 0 Å². The molecule has 7 heteroatoms. The van der Waals surface area contributed by atoms with Crippen LogP contribution in [0.15, 0.2) is 48.5 Å². The summed E-state index contributed by atoms with van der Waals surface area (Å²) in [7, 11) is 1.48. The van der Waals surface area contributed by atoms with Gasteiger partial charge in [-0.15, -0.1) is 0 Å². The lowest BCUT2D eigenvalue weighted by molar-refractivity contribution is -0.153. The molecule has 0 fully saturated rings. The van der Waals surface area contributed by atoms with E-state index in [4.69, 9.17) is 4.74 Å². The van der Waals surface area contributed by atoms with Crippen LogP contribution < -0.4 is 14.8 Å². The van der Waals surface area contributed by atoms with E-state index in [1.54, 1.807) is 36.4 Å². The number of para-hydroxylation sites is 1. The number of amides is 1. The lowest BCUT2D eigenvalue weighted by Crippen LogP contribution is -2.23. The normalized spacial score (nSPS) is 11.0. The van der Waals surface area contributed by atoms with Gasteiger partial charge in [-0.2, -0.15) is 13.2 Å². The summed E-state index contributed by atoms with van der Waals surface area (Å²) in [6, 6.07) is 12.8. The Morgan fingerprint density at radius 3 is 2.38 bits per heavy atom. The molecular formula is C17H16F3NO3. The van der Waals surface area contributed by atoms with Crippen LogP contribution >= 0.6 is 0 Å². The molecule has 0 aliphatic carbocycles. The van der Waals surface area contributed by atoms with Crippen LogP contribution in [0.1, 0.15) is 15.9 Å². The first-order valence-electron chi connectivity index (χ1n) is 7.09. The van der Waals surface area contributed by atoms with Crippen molar-refractivity contribution >= 4 is 5.91 Å². The zero-order valence-corrected chi connectivity index (χ0v) is 12.9. The van der Waals surface area contributed by atoms with Crippen molar-refractivity contribution in [2.24, 2.45) is 0 Å². The highest BCUT2D eigenvalue weighted by atomic mass is 19.4. The minimum absolute atomic E-state index is 0.118. The number of hydrogen-bond acceptors (Lipinski definition) is 3. The van der Waals surface area contributed by atoms with Crippen molar-refractivity contribution in [3.63, 3.8) is 0 Å². The van der Waals surface area contributed by atoms with E-state index in [-0.39, 0.29) is 18.2 Å². The highest BCUT2D eigenvalue weighted by Crippen LogP contribution is 2.19. The van der Waals surface area contributed by atoms with Crippen molar-refractivity contribution in [3.8, 4) is 11.5 Å². The highest BCUT2D eigenvalue weighted by molar-refractivity contribution is 5.96. The zero-order valence-electron chi connectivity index (χ0n) is 12.9. The lowest BCUT2D eigenvalue weighted by Gasteiger charge is -2.11. The van der Waals surface area contributed by atoms with E-state index in [1.165, 1.54) is 19.2 Å². The van der Waals surface area contributed by atoms with Gasteiger partial charge >= 0.3 is 6.18 Å². The van der Waals surface area contributed by atoms with Gasteiger partial charge in [-0.25, -0.2) is 0 Å². The average Bonchev–Trinajstić information content (AvgIpc) is 2.58. The number of benzene rings is 2. The summed E-state index contributed by atoms with van der Waals surface area (Å²) < 4.78 is 46.0. The molecule has 0 atom stereocenters. The Kier molecular flexibility index (Phi) is 5.68. The molecule has 0 radical (unpaired) electrons. The Morgan fingerprint density at radius 2 is 1.75 bits per heavy atom. The number of ether oxygens (including phenoxy) is 2. The molecule has 2 rings (SSSR count). The Hall–Kier alpha value is -2.70. The Balaban J connectivity index is 1.91. The molecule has 4 nitrogen and oxygen atoms in total. The van der Waals surface area contributed by atoms with Crippen LogP contribution in [0, 0.1) is 0 Å². The molecule has 0 spiro atoms. The molecule has 1 N–H and O–H groups in total. The average molecular weight is 339 g/mol. The summed E-state index contributed by atoms with van der Waals surface area (Å²) in [5.41, 5.74) is 1.14. The number of alkyl halides is 3. The van der Waals surface area contributed by atoms with Crippen LogP contribution in [-0.2, 0) is 6.54 Å². The monoisotopic (exact) mass is 339 g/mol. The summed E-state index contributed by atoms with van der Waals surface area (Å²) in [5, 5.41) is 2.73. The van der Waals surface area contributed by atoms with E-state index in [9.17, 15) is 18.0 Å². The highest BCUT2D eigenvalue weighted by Gasteiger charge is 2.28. The van der Waals surface area contributed by atoms with Gasteiger partial charge in [0, 0.05) is 6.54 Å². The second-order valence-electron chi connectivity index (χ2n) is 4.93. The molecule has 1 amide bonds. The molecule has 128 valence electrons. The first-order chi connectivity index (χ1) is 11.4. The van der Waals surface area contributed by atoms with Crippen molar-refractivity contribution < 1.29 is 27.4 Å². The maximum Gasteiger partial charge on any atom is 0.422 e. The fourth-order valence-electron chi connectivity index (χ4n) is 1.98. The molecular weight excluding hydrogens is 323 g/mol. The number of methoxy groups -OCH3 is 1. The smallest absolute Gasteiger partial charge is 0.422 e. The maximum absolute atomic E-state index is 12.1. The largest absolute Gasteiger partial charge is 0.496 e. The molecule has 0 unspecified atom stereocenters. The quantitative estimate of drug-likeness (QED) is 0.875. The van der Waals surface area contributed by atoms with Gasteiger partial charge in [0.2, 0.25) is 0 Å². The van der Waals surface area contributed by atoms with E-state index in [2.05, 4.69) is 10.1 Å². The van der Waals surface area contributed by atoms with Gasteiger partial charge < -0.3 is 14.8 Å². The summed E-state index contributed by atoms with van der Waals surface area (Å²) in [4.78, 5) is 12.1. The standard InChI is InChI=1S/C17H16F3NO3/c1-23-15-5-3-2-4-14(15)16(22)21-10-12-6-8-13(9-7-12)24-11-17(18,19)20/h2-9H,10-11H2,1H3,(H,21,22). The Morgan fingerprint density at radius 1 is 1.08 bits per heavy atom. The first kappa shape index (κ1) is 17.7. The van der Waals surface area contributed by atoms with Crippen LogP contribution in [0.3, 0.4) is 0 Å². The van der Waals surface area contributed by atoms with Gasteiger partial charge in [0.15, 0.2) is 6.61 Å². The van der Waals surface area contributed by atoms with Crippen molar-refractivity contribution in [3.05, 3.63) is 59.7 Å². The Labute approximate surface area is 137 Å². The van der Waals surface area contributed by atoms with Crippen molar-refractivity contribution in [2.75, 3.05) is 13.7 Å². The first-order valence-corrected chi connectivity index (χ1v) is 7.09. The van der Waals surface area contributed by atoms with Crippen LogP contribution in [-0.4, -0.2) is 25.8 Å². The predicted octanol–water partition coefficient (Wildman–Crippen LogP) is 3.57. The van der Waals surface area contributed by atoms with Gasteiger partial charge in [0.25, 0.3) is 5.91 Å². The van der Waals surface area contributed by atoms with E-state index < -0.39 is 12.8 Å². The van der Waals surface area contributed by atoms with Crippen LogP contribution in [0.25, 0.3) is 0 Å². The lowest BCUT2D eigenvalue weighted by atomic mass is 10.1. The number of rotatable bonds is 6. The third-order valence-corrected chi connectivity index (χ3v) is 3.13. The number of halogens is 3. The second-order valence-corrected chi connectivity index (χ2v) is 4.93. The fourth-order valence-corrected chi connectivity index (χ4v) is 1.98. The Bertz CT molecular complexity index is 684. The van der Waals surface area contributed by atoms with Crippen LogP contribution in [0.5, 0.6) is 11.5 Å². The SMILES string of the molecule is COc1ccccc1C(=O)NCc1ccc(OCC(F)(F)F)cc1. The van der Waals surface area contributed by atoms with Crippen LogP contribution in [0.2, 0.25) is 0 Å². The summed E-state index contributed by atoms with van der Waals surface area (Å²) in [6.07, 6.45) is -4.37. The molecule has 0 saturated carbocycles. The van der Waals surface area contributed by atoms with Crippen molar-refractivity contribution in [1.82, 2.24) is 5.32 Å². The number of hydrogen-bond donors (Lipinski definition) is 1. The molecule has 24 heavy (non-hydrogen) atoms. The molecule has 2 aromatic carbocycles. The zero-order chi connectivity index (χ0) is 17.6. The molecule has 0 aliphatic rings. The van der Waals surface area contributed by atoms with Gasteiger partial charge in [-0.05, 0) is 29.8 Å². The molecule has 0 heterocycles. The molecule has 0 bridgehead atoms. The van der Waals surface area contributed by atoms with E-state index in [1.807, 2.05) is 0 Å². The van der Waals surface area contributed by atoms with Gasteiger partial charge in [-0.3, -0.25) is 4.79 Å². The predicted molar refractivity (Wildman–Crippen MR) is 82.2 cm³/mol. The topological polar surface area (TPSA) is 47.6 Å². The second kappa shape index (κ2) is 7.72. The summed E-state index contributed by atoms with van der Waals surface area (Å²) >= 11 is 0. The number of nitrogens with one attached hydrogen (secondary N) is 1. The van der Waals surface area contributed by atoms with Gasteiger partial charge in [-0.1, -0.05) is 24.3 Å². The minimum Gasteiger partial charge on any atom is -0.496 e. The molecule has 0 aliphatic heterocycles. The maximum atomic E-state index is 12.1. The van der Waals surface area contributed by atoms with E-state index in [0.717, 1.165) is 5.56 Å². The number of carbonyl (C=O) groups is 1. The summed E-state index contributed by atoms with van der Waals surface area (Å²) in [5.74, 6) is 0.280. The van der Waals surface area contributed by atoms with Gasteiger partial charge in [0.1, 0.15) is 11.5 Å². The fraction of sp³-hybridized carbons (Fsp3) is 0.235. The summed E-state index contributed by atoms with van der Waals surface area (Å²) in [6.45, 7) is -1.10.